The summed E-state index contributed by atoms with van der Waals surface area (Å²) in [5.74, 6) is 0. The standard InChI is InChI=1S/C11H14ClN3.2ClH.Zn/c1-8-10(15-6-2-3-7-15)5-4-9(14-13)11(8)12;;;/h5H,2-4,6-7H2,1H3;2*1H;/q;;;+2/p-2. The third-order valence-electron chi connectivity index (χ3n) is 3.02. The zero-order valence-electron chi connectivity index (χ0n) is 10.3. The van der Waals surface area contributed by atoms with Gasteiger partial charge in [0.05, 0.1) is 6.42 Å². The molecule has 0 aromatic heterocycles. The van der Waals surface area contributed by atoms with Crippen LogP contribution in [-0.4, -0.2) is 28.5 Å². The van der Waals surface area contributed by atoms with Crippen LogP contribution in [0.25, 0.3) is 5.53 Å². The predicted octanol–water partition coefficient (Wildman–Crippen LogP) is -3.44. The quantitative estimate of drug-likeness (QED) is 0.273. The fourth-order valence-electron chi connectivity index (χ4n) is 2.17. The molecule has 0 spiro atoms. The summed E-state index contributed by atoms with van der Waals surface area (Å²) in [6.07, 6.45) is 5.23. The van der Waals surface area contributed by atoms with Crippen LogP contribution < -0.4 is 24.8 Å². The normalized spacial score (nSPS) is 18.2. The van der Waals surface area contributed by atoms with Crippen molar-refractivity contribution >= 4 is 17.3 Å². The number of nitrogens with zero attached hydrogens (tertiary/aromatic N) is 3. The summed E-state index contributed by atoms with van der Waals surface area (Å²) in [6, 6.07) is 0. The molecule has 3 nitrogen and oxygen atoms in total. The first-order chi connectivity index (χ1) is 7.24. The molecule has 2 rings (SSSR count). The van der Waals surface area contributed by atoms with Crippen molar-refractivity contribution in [2.45, 2.75) is 26.2 Å². The Kier molecular flexibility index (Phi) is 10.4. The molecule has 96 valence electrons. The predicted molar refractivity (Wildman–Crippen MR) is 60.7 cm³/mol. The van der Waals surface area contributed by atoms with Gasteiger partial charge in [-0.3, -0.25) is 0 Å². The summed E-state index contributed by atoms with van der Waals surface area (Å²) in [4.78, 5) is 5.56. The van der Waals surface area contributed by atoms with Gasteiger partial charge in [-0.1, -0.05) is 11.6 Å². The molecule has 0 atom stereocenters. The SMILES string of the molecule is CC1=C(Cl)C(=[N+]=[N-])CC=C1N1CCCC1.[Cl-].[Cl-].[Zn+2]. The van der Waals surface area contributed by atoms with Crippen LogP contribution in [0.15, 0.2) is 22.4 Å². The number of hydrogen-bond donors (Lipinski definition) is 0. The minimum Gasteiger partial charge on any atom is -1.00 e. The van der Waals surface area contributed by atoms with Crippen LogP contribution in [0.2, 0.25) is 0 Å². The molecule has 0 aromatic carbocycles. The molecule has 0 bridgehead atoms. The van der Waals surface area contributed by atoms with Gasteiger partial charge in [-0.25, -0.2) is 0 Å². The van der Waals surface area contributed by atoms with Crippen molar-refractivity contribution in [1.82, 2.24) is 4.90 Å². The van der Waals surface area contributed by atoms with E-state index in [1.807, 2.05) is 6.92 Å². The summed E-state index contributed by atoms with van der Waals surface area (Å²) in [5, 5.41) is 0.599. The second-order valence-electron chi connectivity index (χ2n) is 3.97. The molecule has 2 aliphatic rings. The first-order valence-electron chi connectivity index (χ1n) is 5.27. The van der Waals surface area contributed by atoms with Gasteiger partial charge in [-0.05, 0) is 31.4 Å². The summed E-state index contributed by atoms with van der Waals surface area (Å²) in [5.41, 5.74) is 11.6. The van der Waals surface area contributed by atoms with E-state index in [0.717, 1.165) is 18.7 Å². The zero-order valence-corrected chi connectivity index (χ0v) is 15.5. The smallest absolute Gasteiger partial charge is 1.00 e. The molecular weight excluding hydrogens is 346 g/mol. The Morgan fingerprint density at radius 3 is 2.33 bits per heavy atom. The Balaban J connectivity index is 0. The molecule has 18 heavy (non-hydrogen) atoms. The molecule has 0 saturated carbocycles. The van der Waals surface area contributed by atoms with Gasteiger partial charge >= 0.3 is 25.2 Å². The molecule has 1 saturated heterocycles. The van der Waals surface area contributed by atoms with Crippen LogP contribution in [0, 0.1) is 0 Å². The van der Waals surface area contributed by atoms with Crippen molar-refractivity contribution < 1.29 is 49.1 Å². The second kappa shape index (κ2) is 9.12. The van der Waals surface area contributed by atoms with Gasteiger partial charge in [0.1, 0.15) is 5.03 Å². The van der Waals surface area contributed by atoms with E-state index in [0.29, 0.717) is 17.2 Å². The van der Waals surface area contributed by atoms with Gasteiger partial charge in [0.2, 0.25) is 0 Å². The molecule has 1 aliphatic heterocycles. The van der Waals surface area contributed by atoms with Gasteiger partial charge in [-0.2, -0.15) is 4.79 Å². The maximum Gasteiger partial charge on any atom is 2.00 e. The van der Waals surface area contributed by atoms with E-state index in [4.69, 9.17) is 17.1 Å². The van der Waals surface area contributed by atoms with Crippen molar-refractivity contribution in [3.05, 3.63) is 27.9 Å². The second-order valence-corrected chi connectivity index (χ2v) is 4.35. The maximum atomic E-state index is 8.76. The van der Waals surface area contributed by atoms with E-state index in [2.05, 4.69) is 15.8 Å². The third kappa shape index (κ3) is 4.08. The van der Waals surface area contributed by atoms with Gasteiger partial charge in [0, 0.05) is 18.8 Å². The fraction of sp³-hybridized carbons (Fsp3) is 0.545. The van der Waals surface area contributed by atoms with E-state index >= 15 is 0 Å². The van der Waals surface area contributed by atoms with E-state index in [9.17, 15) is 0 Å². The average Bonchev–Trinajstić information content (AvgIpc) is 2.75. The van der Waals surface area contributed by atoms with E-state index < -0.39 is 0 Å². The Hall–Kier alpha value is 0.153. The largest absolute Gasteiger partial charge is 2.00 e. The summed E-state index contributed by atoms with van der Waals surface area (Å²) in [7, 11) is 0. The Morgan fingerprint density at radius 1 is 1.28 bits per heavy atom. The molecule has 1 heterocycles. The number of allylic oxidation sites excluding steroid dienone is 3. The van der Waals surface area contributed by atoms with Gasteiger partial charge < -0.3 is 35.2 Å². The molecule has 1 aliphatic carbocycles. The van der Waals surface area contributed by atoms with Crippen LogP contribution >= 0.6 is 11.6 Å². The van der Waals surface area contributed by atoms with E-state index in [1.54, 1.807) is 0 Å². The minimum absolute atomic E-state index is 0. The first-order valence-corrected chi connectivity index (χ1v) is 5.65. The first kappa shape index (κ1) is 20.5. The Morgan fingerprint density at radius 2 is 1.83 bits per heavy atom. The van der Waals surface area contributed by atoms with Crippen molar-refractivity contribution in [2.75, 3.05) is 13.1 Å². The zero-order chi connectivity index (χ0) is 10.8. The Labute approximate surface area is 138 Å². The molecule has 0 aromatic rings. The van der Waals surface area contributed by atoms with Crippen molar-refractivity contribution in [1.29, 1.82) is 0 Å². The topological polar surface area (TPSA) is 39.6 Å². The molecular formula is C11H14Cl3N3Zn. The van der Waals surface area contributed by atoms with Gasteiger partial charge in [0.25, 0.3) is 0 Å². The molecule has 0 N–H and O–H groups in total. The summed E-state index contributed by atoms with van der Waals surface area (Å²) in [6.45, 7) is 4.20. The van der Waals surface area contributed by atoms with E-state index in [-0.39, 0.29) is 44.3 Å². The molecule has 7 heteroatoms. The number of halogens is 3. The van der Waals surface area contributed by atoms with E-state index in [1.165, 1.54) is 18.5 Å². The average molecular weight is 360 g/mol. The van der Waals surface area contributed by atoms with Crippen molar-refractivity contribution in [3.8, 4) is 0 Å². The Bertz CT molecular complexity index is 394. The van der Waals surface area contributed by atoms with Gasteiger partial charge in [-0.15, -0.1) is 0 Å². The number of likely N-dealkylation sites (tertiary alicyclic amines) is 1. The molecule has 0 amide bonds. The molecule has 0 unspecified atom stereocenters. The van der Waals surface area contributed by atoms with Gasteiger partial charge in [0.15, 0.2) is 0 Å². The van der Waals surface area contributed by atoms with Crippen molar-refractivity contribution in [2.24, 2.45) is 0 Å². The monoisotopic (exact) mass is 357 g/mol. The maximum absolute atomic E-state index is 8.76. The molecule has 0 radical (unpaired) electrons. The summed E-state index contributed by atoms with van der Waals surface area (Å²) < 4.78 is 0. The fourth-order valence-corrected chi connectivity index (χ4v) is 2.39. The molecule has 1 fully saturated rings. The summed E-state index contributed by atoms with van der Waals surface area (Å²) >= 11 is 6.13. The van der Waals surface area contributed by atoms with Crippen LogP contribution in [0.5, 0.6) is 0 Å². The van der Waals surface area contributed by atoms with Crippen molar-refractivity contribution in [3.63, 3.8) is 0 Å². The van der Waals surface area contributed by atoms with Crippen LogP contribution in [0.3, 0.4) is 0 Å². The minimum atomic E-state index is 0. The number of rotatable bonds is 1. The third-order valence-corrected chi connectivity index (χ3v) is 3.52. The van der Waals surface area contributed by atoms with Crippen LogP contribution in [0.4, 0.5) is 0 Å². The number of hydrogen-bond acceptors (Lipinski definition) is 1. The van der Waals surface area contributed by atoms with Crippen LogP contribution in [-0.2, 0) is 19.5 Å². The van der Waals surface area contributed by atoms with Crippen LogP contribution in [0.1, 0.15) is 26.2 Å².